The summed E-state index contributed by atoms with van der Waals surface area (Å²) in [4.78, 5) is 21.9. The van der Waals surface area contributed by atoms with Crippen molar-refractivity contribution in [2.24, 2.45) is 0 Å². The van der Waals surface area contributed by atoms with E-state index in [4.69, 9.17) is 14.7 Å². The van der Waals surface area contributed by atoms with E-state index in [9.17, 15) is 13.2 Å². The van der Waals surface area contributed by atoms with E-state index in [0.717, 1.165) is 11.3 Å². The maximum atomic E-state index is 12.6. The summed E-state index contributed by atoms with van der Waals surface area (Å²) in [5.41, 5.74) is 8.22. The molecule has 2 aromatic heterocycles. The number of hydrogen-bond acceptors (Lipinski definition) is 7. The van der Waals surface area contributed by atoms with Gasteiger partial charge in [-0.15, -0.1) is 0 Å². The minimum Gasteiger partial charge on any atom is -0.446 e. The molecule has 0 saturated carbocycles. The second-order valence-electron chi connectivity index (χ2n) is 6.62. The first-order valence-electron chi connectivity index (χ1n) is 8.56. The molecule has 1 aliphatic rings. The Morgan fingerprint density at radius 3 is 2.64 bits per heavy atom. The molecule has 1 aromatic carbocycles. The van der Waals surface area contributed by atoms with E-state index in [1.54, 1.807) is 24.3 Å². The molecular weight excluding hydrogens is 384 g/mol. The Kier molecular flexibility index (Phi) is 4.53. The van der Waals surface area contributed by atoms with Gasteiger partial charge in [0.15, 0.2) is 0 Å². The van der Waals surface area contributed by atoms with Crippen LogP contribution in [0.2, 0.25) is 0 Å². The van der Waals surface area contributed by atoms with Crippen molar-refractivity contribution in [3.8, 4) is 11.4 Å². The summed E-state index contributed by atoms with van der Waals surface area (Å²) in [7, 11) is -4.37. The maximum Gasteiger partial charge on any atom is 0.328 e. The molecule has 0 fully saturated rings. The molecular formula is C18H18N4O5S. The predicted molar refractivity (Wildman–Crippen MR) is 101 cm³/mol. The summed E-state index contributed by atoms with van der Waals surface area (Å²) in [5.74, 6) is 0.889. The van der Waals surface area contributed by atoms with Crippen molar-refractivity contribution in [2.45, 2.75) is 24.6 Å². The second-order valence-corrected chi connectivity index (χ2v) is 7.97. The lowest BCUT2D eigenvalue weighted by molar-refractivity contribution is 0.215. The van der Waals surface area contributed by atoms with Crippen molar-refractivity contribution >= 4 is 15.8 Å². The molecule has 9 nitrogen and oxygen atoms in total. The minimum absolute atomic E-state index is 0.209. The Bertz CT molecular complexity index is 1180. The van der Waals surface area contributed by atoms with Crippen LogP contribution in [0.25, 0.3) is 11.4 Å². The minimum atomic E-state index is -4.37. The van der Waals surface area contributed by atoms with E-state index >= 15 is 0 Å². The van der Waals surface area contributed by atoms with Gasteiger partial charge in [-0.1, -0.05) is 0 Å². The standard InChI is InChI=1S/C18H18N4O5S/c19-12-3-1-11(2-4-12)17-20-15-7-8-22(10-14(15)18(23)21-17)9-13-5-6-16(27-13)28(24,25)26/h1-6H,7-10,19H2,(H,20,21,23)(H,24,25,26). The van der Waals surface area contributed by atoms with Gasteiger partial charge in [-0.3, -0.25) is 14.2 Å². The Balaban J connectivity index is 1.55. The fraction of sp³-hybridized carbons (Fsp3) is 0.222. The lowest BCUT2D eigenvalue weighted by Crippen LogP contribution is -2.35. The first-order valence-corrected chi connectivity index (χ1v) is 10.00. The Labute approximate surface area is 160 Å². The van der Waals surface area contributed by atoms with Crippen LogP contribution in [0.15, 0.2) is 50.7 Å². The van der Waals surface area contributed by atoms with Crippen LogP contribution >= 0.6 is 0 Å². The smallest absolute Gasteiger partial charge is 0.328 e. The molecule has 0 spiro atoms. The summed E-state index contributed by atoms with van der Waals surface area (Å²) in [6.07, 6.45) is 0.576. The van der Waals surface area contributed by atoms with E-state index in [2.05, 4.69) is 9.97 Å². The van der Waals surface area contributed by atoms with Crippen LogP contribution in [-0.2, 0) is 29.6 Å². The highest BCUT2D eigenvalue weighted by atomic mass is 32.2. The summed E-state index contributed by atoms with van der Waals surface area (Å²) in [6, 6.07) is 9.81. The van der Waals surface area contributed by atoms with E-state index < -0.39 is 15.2 Å². The number of anilines is 1. The van der Waals surface area contributed by atoms with Crippen LogP contribution < -0.4 is 11.3 Å². The SMILES string of the molecule is Nc1ccc(-c2nc3c(c(=O)[nH]2)CN(Cc2ccc(S(=O)(=O)O)o2)CC3)cc1. The zero-order valence-corrected chi connectivity index (χ0v) is 15.6. The second kappa shape index (κ2) is 6.89. The summed E-state index contributed by atoms with van der Waals surface area (Å²) >= 11 is 0. The molecule has 4 N–H and O–H groups in total. The molecule has 0 bridgehead atoms. The van der Waals surface area contributed by atoms with Gasteiger partial charge in [0.1, 0.15) is 11.6 Å². The van der Waals surface area contributed by atoms with E-state index in [1.165, 1.54) is 12.1 Å². The van der Waals surface area contributed by atoms with Crippen LogP contribution in [0.5, 0.6) is 0 Å². The molecule has 3 aromatic rings. The number of H-pyrrole nitrogens is 1. The number of nitrogen functional groups attached to an aromatic ring is 1. The molecule has 146 valence electrons. The molecule has 0 unspecified atom stereocenters. The third-order valence-corrected chi connectivity index (χ3v) is 5.33. The van der Waals surface area contributed by atoms with E-state index in [-0.39, 0.29) is 5.56 Å². The molecule has 0 aliphatic carbocycles. The third kappa shape index (κ3) is 3.70. The van der Waals surface area contributed by atoms with Gasteiger partial charge in [-0.25, -0.2) is 4.98 Å². The van der Waals surface area contributed by atoms with Crippen molar-refractivity contribution in [2.75, 3.05) is 12.3 Å². The van der Waals surface area contributed by atoms with Crippen molar-refractivity contribution in [3.63, 3.8) is 0 Å². The van der Waals surface area contributed by atoms with Crippen molar-refractivity contribution in [1.29, 1.82) is 0 Å². The van der Waals surface area contributed by atoms with E-state index in [1.807, 2.05) is 4.90 Å². The molecule has 1 aliphatic heterocycles. The summed E-state index contributed by atoms with van der Waals surface area (Å²) < 4.78 is 36.4. The molecule has 0 radical (unpaired) electrons. The number of benzene rings is 1. The maximum absolute atomic E-state index is 12.6. The third-order valence-electron chi connectivity index (χ3n) is 4.60. The Morgan fingerprint density at radius 1 is 1.21 bits per heavy atom. The van der Waals surface area contributed by atoms with Crippen LogP contribution in [-0.4, -0.2) is 34.4 Å². The number of nitrogens with two attached hydrogens (primary N) is 1. The molecule has 4 rings (SSSR count). The predicted octanol–water partition coefficient (Wildman–Crippen LogP) is 1.42. The zero-order valence-electron chi connectivity index (χ0n) is 14.8. The van der Waals surface area contributed by atoms with Gasteiger partial charge in [0.2, 0.25) is 5.09 Å². The molecule has 0 atom stereocenters. The summed E-state index contributed by atoms with van der Waals surface area (Å²) in [5, 5.41) is -0.493. The molecule has 3 heterocycles. The largest absolute Gasteiger partial charge is 0.446 e. The van der Waals surface area contributed by atoms with Gasteiger partial charge in [0.25, 0.3) is 5.56 Å². The quantitative estimate of drug-likeness (QED) is 0.439. The van der Waals surface area contributed by atoms with Crippen LogP contribution in [0.4, 0.5) is 5.69 Å². The number of fused-ring (bicyclic) bond motifs is 1. The Morgan fingerprint density at radius 2 is 1.96 bits per heavy atom. The highest BCUT2D eigenvalue weighted by Gasteiger charge is 2.23. The molecule has 0 saturated heterocycles. The highest BCUT2D eigenvalue weighted by molar-refractivity contribution is 7.85. The molecule has 0 amide bonds. The summed E-state index contributed by atoms with van der Waals surface area (Å²) in [6.45, 7) is 1.31. The van der Waals surface area contributed by atoms with Gasteiger partial charge >= 0.3 is 10.1 Å². The van der Waals surface area contributed by atoms with Crippen LogP contribution in [0.3, 0.4) is 0 Å². The number of rotatable bonds is 4. The number of nitrogens with one attached hydrogen (secondary N) is 1. The van der Waals surface area contributed by atoms with Crippen LogP contribution in [0.1, 0.15) is 17.0 Å². The fourth-order valence-electron chi connectivity index (χ4n) is 3.20. The molecule has 10 heteroatoms. The van der Waals surface area contributed by atoms with Crippen molar-refractivity contribution in [1.82, 2.24) is 14.9 Å². The van der Waals surface area contributed by atoms with Gasteiger partial charge in [0.05, 0.1) is 17.8 Å². The zero-order chi connectivity index (χ0) is 19.9. The fourth-order valence-corrected chi connectivity index (χ4v) is 3.65. The first kappa shape index (κ1) is 18.4. The van der Waals surface area contributed by atoms with Gasteiger partial charge in [-0.05, 0) is 36.4 Å². The van der Waals surface area contributed by atoms with E-state index in [0.29, 0.717) is 48.9 Å². The number of hydrogen-bond donors (Lipinski definition) is 3. The van der Waals surface area contributed by atoms with Crippen LogP contribution in [0, 0.1) is 0 Å². The van der Waals surface area contributed by atoms with Gasteiger partial charge in [-0.2, -0.15) is 8.42 Å². The number of furan rings is 1. The normalized spacial score (nSPS) is 14.8. The average molecular weight is 402 g/mol. The first-order chi connectivity index (χ1) is 13.3. The van der Waals surface area contributed by atoms with Crippen molar-refractivity contribution < 1.29 is 17.4 Å². The average Bonchev–Trinajstić information content (AvgIpc) is 3.12. The van der Waals surface area contributed by atoms with Gasteiger partial charge in [0, 0.05) is 30.8 Å². The monoisotopic (exact) mass is 402 g/mol. The number of aromatic amines is 1. The topological polar surface area (TPSA) is 143 Å². The van der Waals surface area contributed by atoms with Gasteiger partial charge < -0.3 is 15.1 Å². The number of aromatic nitrogens is 2. The number of nitrogens with zero attached hydrogens (tertiary/aromatic N) is 2. The lowest BCUT2D eigenvalue weighted by Gasteiger charge is -2.26. The highest BCUT2D eigenvalue weighted by Crippen LogP contribution is 2.22. The Hall–Kier alpha value is -2.95. The lowest BCUT2D eigenvalue weighted by atomic mass is 10.1. The molecule has 28 heavy (non-hydrogen) atoms. The van der Waals surface area contributed by atoms with Crippen molar-refractivity contribution in [3.05, 3.63) is 63.8 Å².